The van der Waals surface area contributed by atoms with E-state index < -0.39 is 8.11 Å². The summed E-state index contributed by atoms with van der Waals surface area (Å²) in [6, 6.07) is 0. The van der Waals surface area contributed by atoms with Gasteiger partial charge in [0.25, 0.3) is 0 Å². The van der Waals surface area contributed by atoms with E-state index in [0.717, 1.165) is 11.1 Å². The molecule has 0 saturated heterocycles. The van der Waals surface area contributed by atoms with E-state index in [0.29, 0.717) is 0 Å². The van der Waals surface area contributed by atoms with Gasteiger partial charge in [0.1, 0.15) is 8.11 Å². The normalized spacial score (nSPS) is 12.0. The van der Waals surface area contributed by atoms with Crippen molar-refractivity contribution in [2.75, 3.05) is 0 Å². The molecule has 0 N–H and O–H groups in total. The molecule has 0 unspecified atom stereocenters. The van der Waals surface area contributed by atoms with E-state index in [1.165, 1.54) is 25.7 Å². The van der Waals surface area contributed by atoms with E-state index in [1.807, 2.05) is 0 Å². The average molecular weight is 207 g/mol. The predicted octanol–water partition coefficient (Wildman–Crippen LogP) is 4.33. The largest absolute Gasteiger partial charge is 0.171 e. The zero-order chi connectivity index (χ0) is 9.56. The van der Waals surface area contributed by atoms with Crippen molar-refractivity contribution in [2.45, 2.75) is 64.5 Å². The third kappa shape index (κ3) is 3.49. The second-order valence-electron chi connectivity index (χ2n) is 3.60. The third-order valence-corrected chi connectivity index (χ3v) is 8.82. The van der Waals surface area contributed by atoms with Gasteiger partial charge in [-0.05, 0) is 11.1 Å². The van der Waals surface area contributed by atoms with Gasteiger partial charge in [0.05, 0.1) is 0 Å². The van der Waals surface area contributed by atoms with Crippen LogP contribution in [0.25, 0.3) is 0 Å². The standard InChI is InChI=1S/C10H23ClSi/c1-5-9(6-2)12(11)10(7-3)8-4/h9-10,12H,5-8H2,1-4H3. The Labute approximate surface area is 84.0 Å². The average Bonchev–Trinajstić information content (AvgIpc) is 2.09. The van der Waals surface area contributed by atoms with Crippen LogP contribution in [-0.2, 0) is 0 Å². The van der Waals surface area contributed by atoms with Crippen molar-refractivity contribution in [3.8, 4) is 0 Å². The van der Waals surface area contributed by atoms with Crippen LogP contribution >= 0.6 is 11.1 Å². The second kappa shape index (κ2) is 6.96. The molecule has 0 nitrogen and oxygen atoms in total. The molecule has 0 bridgehead atoms. The minimum atomic E-state index is -0.960. The zero-order valence-electron chi connectivity index (χ0n) is 8.94. The second-order valence-corrected chi connectivity index (χ2v) is 7.88. The molecule has 0 aromatic heterocycles. The Morgan fingerprint density at radius 3 is 1.25 bits per heavy atom. The molecule has 0 aromatic rings. The minimum absolute atomic E-state index is 0.858. The Bertz CT molecular complexity index is 86.0. The quantitative estimate of drug-likeness (QED) is 0.449. The van der Waals surface area contributed by atoms with Crippen LogP contribution in [-0.4, -0.2) is 8.11 Å². The fraction of sp³-hybridized carbons (Fsp3) is 1.00. The van der Waals surface area contributed by atoms with Crippen molar-refractivity contribution >= 4 is 19.2 Å². The first-order valence-electron chi connectivity index (χ1n) is 5.35. The van der Waals surface area contributed by atoms with Gasteiger partial charge in [-0.25, -0.2) is 0 Å². The van der Waals surface area contributed by atoms with Crippen molar-refractivity contribution < 1.29 is 0 Å². The van der Waals surface area contributed by atoms with Crippen LogP contribution in [0.2, 0.25) is 11.1 Å². The SMILES string of the molecule is CCC(CC)[SiH](Cl)C(CC)CC. The monoisotopic (exact) mass is 206 g/mol. The summed E-state index contributed by atoms with van der Waals surface area (Å²) in [5, 5.41) is 0. The fourth-order valence-electron chi connectivity index (χ4n) is 1.86. The first-order chi connectivity index (χ1) is 5.71. The van der Waals surface area contributed by atoms with Crippen LogP contribution in [0.5, 0.6) is 0 Å². The maximum Gasteiger partial charge on any atom is 0.147 e. The molecule has 0 saturated carbocycles. The summed E-state index contributed by atoms with van der Waals surface area (Å²) in [4.78, 5) is 0. The van der Waals surface area contributed by atoms with Crippen LogP contribution in [0.3, 0.4) is 0 Å². The van der Waals surface area contributed by atoms with Crippen molar-refractivity contribution in [1.82, 2.24) is 0 Å². The van der Waals surface area contributed by atoms with Crippen molar-refractivity contribution in [3.63, 3.8) is 0 Å². The van der Waals surface area contributed by atoms with Crippen LogP contribution < -0.4 is 0 Å². The van der Waals surface area contributed by atoms with Gasteiger partial charge in [0.2, 0.25) is 0 Å². The van der Waals surface area contributed by atoms with Crippen LogP contribution in [0.4, 0.5) is 0 Å². The fourth-order valence-corrected chi connectivity index (χ4v) is 6.57. The van der Waals surface area contributed by atoms with Gasteiger partial charge in [-0.3, -0.25) is 0 Å². The van der Waals surface area contributed by atoms with Crippen LogP contribution in [0.1, 0.15) is 53.4 Å². The topological polar surface area (TPSA) is 0 Å². The van der Waals surface area contributed by atoms with Gasteiger partial charge < -0.3 is 0 Å². The maximum atomic E-state index is 6.55. The van der Waals surface area contributed by atoms with E-state index in [-0.39, 0.29) is 0 Å². The van der Waals surface area contributed by atoms with Gasteiger partial charge >= 0.3 is 0 Å². The number of halogens is 1. The summed E-state index contributed by atoms with van der Waals surface area (Å²) in [6.45, 7) is 9.11. The Morgan fingerprint density at radius 2 is 1.08 bits per heavy atom. The van der Waals surface area contributed by atoms with Crippen molar-refractivity contribution in [3.05, 3.63) is 0 Å². The number of hydrogen-bond acceptors (Lipinski definition) is 0. The Hall–Kier alpha value is 0.507. The van der Waals surface area contributed by atoms with Gasteiger partial charge in [-0.1, -0.05) is 53.4 Å². The zero-order valence-corrected chi connectivity index (χ0v) is 10.8. The number of hydrogen-bond donors (Lipinski definition) is 0. The van der Waals surface area contributed by atoms with Gasteiger partial charge in [0.15, 0.2) is 0 Å². The van der Waals surface area contributed by atoms with Gasteiger partial charge in [-0.15, -0.1) is 0 Å². The highest BCUT2D eigenvalue weighted by Crippen LogP contribution is 2.33. The first kappa shape index (κ1) is 12.5. The molecule has 0 spiro atoms. The van der Waals surface area contributed by atoms with Crippen LogP contribution in [0, 0.1) is 0 Å². The summed E-state index contributed by atoms with van der Waals surface area (Å²) in [7, 11) is -0.960. The molecule has 12 heavy (non-hydrogen) atoms. The molecule has 0 aliphatic carbocycles. The highest BCUT2D eigenvalue weighted by atomic mass is 35.6. The molecule has 0 fully saturated rings. The van der Waals surface area contributed by atoms with E-state index >= 15 is 0 Å². The highest BCUT2D eigenvalue weighted by molar-refractivity contribution is 7.08. The maximum absolute atomic E-state index is 6.55. The molecule has 0 aromatic carbocycles. The van der Waals surface area contributed by atoms with E-state index in [1.54, 1.807) is 0 Å². The minimum Gasteiger partial charge on any atom is -0.171 e. The molecule has 0 aliphatic heterocycles. The molecule has 0 aliphatic rings. The molecule has 74 valence electrons. The van der Waals surface area contributed by atoms with Crippen molar-refractivity contribution in [1.29, 1.82) is 0 Å². The molecule has 0 radical (unpaired) electrons. The highest BCUT2D eigenvalue weighted by Gasteiger charge is 2.24. The summed E-state index contributed by atoms with van der Waals surface area (Å²) >= 11 is 6.55. The number of rotatable bonds is 6. The van der Waals surface area contributed by atoms with E-state index in [9.17, 15) is 0 Å². The lowest BCUT2D eigenvalue weighted by molar-refractivity contribution is 0.694. The molecular formula is C10H23ClSi. The first-order valence-corrected chi connectivity index (χ1v) is 8.43. The predicted molar refractivity (Wildman–Crippen MR) is 61.7 cm³/mol. The molecule has 2 heteroatoms. The van der Waals surface area contributed by atoms with Gasteiger partial charge in [-0.2, -0.15) is 11.1 Å². The molecule has 0 rings (SSSR count). The third-order valence-electron chi connectivity index (χ3n) is 3.00. The molecule has 0 heterocycles. The lowest BCUT2D eigenvalue weighted by Crippen LogP contribution is -2.19. The molecular weight excluding hydrogens is 184 g/mol. The smallest absolute Gasteiger partial charge is 0.147 e. The molecule has 0 atom stereocenters. The summed E-state index contributed by atoms with van der Waals surface area (Å²) in [5.74, 6) is 0. The van der Waals surface area contributed by atoms with Crippen molar-refractivity contribution in [2.24, 2.45) is 0 Å². The summed E-state index contributed by atoms with van der Waals surface area (Å²) < 4.78 is 0. The Kier molecular flexibility index (Phi) is 7.26. The van der Waals surface area contributed by atoms with E-state index in [4.69, 9.17) is 11.1 Å². The summed E-state index contributed by atoms with van der Waals surface area (Å²) in [6.07, 6.45) is 5.14. The van der Waals surface area contributed by atoms with Crippen LogP contribution in [0.15, 0.2) is 0 Å². The van der Waals surface area contributed by atoms with E-state index in [2.05, 4.69) is 27.7 Å². The lowest BCUT2D eigenvalue weighted by Gasteiger charge is -2.24. The Morgan fingerprint density at radius 1 is 0.833 bits per heavy atom. The lowest BCUT2D eigenvalue weighted by atomic mass is 10.2. The Balaban J connectivity index is 4.02. The summed E-state index contributed by atoms with van der Waals surface area (Å²) in [5.41, 5.74) is 1.72. The molecule has 0 amide bonds. The van der Waals surface area contributed by atoms with Gasteiger partial charge in [0, 0.05) is 0 Å².